The third kappa shape index (κ3) is 3.78. The minimum Gasteiger partial charge on any atom is -0.505 e. The van der Waals surface area contributed by atoms with Crippen molar-refractivity contribution in [3.63, 3.8) is 0 Å². The van der Waals surface area contributed by atoms with E-state index in [0.29, 0.717) is 11.3 Å². The molecule has 0 unspecified atom stereocenters. The van der Waals surface area contributed by atoms with Crippen molar-refractivity contribution in [1.29, 1.82) is 0 Å². The van der Waals surface area contributed by atoms with Gasteiger partial charge in [-0.3, -0.25) is 10.1 Å². The molecule has 0 saturated carbocycles. The lowest BCUT2D eigenvalue weighted by Gasteiger charge is -2.13. The second kappa shape index (κ2) is 6.91. The van der Waals surface area contributed by atoms with Crippen LogP contribution in [0.4, 0.5) is 5.69 Å². The van der Waals surface area contributed by atoms with Crippen molar-refractivity contribution < 1.29 is 9.90 Å². The molecule has 0 saturated heterocycles. The Kier molecular flexibility index (Phi) is 4.67. The first-order chi connectivity index (χ1) is 11.9. The molecule has 126 valence electrons. The maximum Gasteiger partial charge on any atom is 0.257 e. The largest absolute Gasteiger partial charge is 0.505 e. The molecule has 0 aliphatic rings. The number of phenolic OH excluding ortho intramolecular Hbond substituents is 1. The van der Waals surface area contributed by atoms with E-state index in [9.17, 15) is 9.90 Å². The first kappa shape index (κ1) is 16.9. The van der Waals surface area contributed by atoms with E-state index in [4.69, 9.17) is 12.2 Å². The number of rotatable bonds is 2. The molecule has 3 N–H and O–H groups in total. The average molecular weight is 350 g/mol. The zero-order chi connectivity index (χ0) is 18.0. The fourth-order valence-electron chi connectivity index (χ4n) is 2.79. The van der Waals surface area contributed by atoms with Gasteiger partial charge in [-0.1, -0.05) is 47.5 Å². The average Bonchev–Trinajstić information content (AvgIpc) is 2.56. The molecular weight excluding hydrogens is 332 g/mol. The summed E-state index contributed by atoms with van der Waals surface area (Å²) in [4.78, 5) is 12.3. The molecule has 0 bridgehead atoms. The molecule has 5 heteroatoms. The van der Waals surface area contributed by atoms with Crippen LogP contribution in [0.15, 0.2) is 54.6 Å². The number of nitrogens with one attached hydrogen (secondary N) is 2. The van der Waals surface area contributed by atoms with Crippen LogP contribution in [-0.4, -0.2) is 16.1 Å². The molecule has 0 fully saturated rings. The van der Waals surface area contributed by atoms with Gasteiger partial charge in [-0.2, -0.15) is 0 Å². The number of fused-ring (bicyclic) bond motifs is 1. The van der Waals surface area contributed by atoms with E-state index in [1.807, 2.05) is 50.2 Å². The zero-order valence-electron chi connectivity index (χ0n) is 14.0. The number of carbonyl (C=O) groups excluding carboxylic acids is 1. The predicted molar refractivity (Wildman–Crippen MR) is 105 cm³/mol. The highest BCUT2D eigenvalue weighted by molar-refractivity contribution is 7.80. The molecule has 0 aliphatic carbocycles. The fraction of sp³-hybridized carbons (Fsp3) is 0.100. The van der Waals surface area contributed by atoms with E-state index in [1.165, 1.54) is 0 Å². The summed E-state index contributed by atoms with van der Waals surface area (Å²) >= 11 is 5.21. The van der Waals surface area contributed by atoms with Gasteiger partial charge in [0.15, 0.2) is 5.11 Å². The summed E-state index contributed by atoms with van der Waals surface area (Å²) in [5.41, 5.74) is 3.02. The molecule has 1 amide bonds. The second-order valence-corrected chi connectivity index (χ2v) is 6.38. The summed E-state index contributed by atoms with van der Waals surface area (Å²) in [6.07, 6.45) is 0. The normalized spacial score (nSPS) is 10.5. The van der Waals surface area contributed by atoms with Crippen LogP contribution in [0.3, 0.4) is 0 Å². The van der Waals surface area contributed by atoms with Crippen molar-refractivity contribution in [2.45, 2.75) is 13.8 Å². The van der Waals surface area contributed by atoms with Crippen molar-refractivity contribution in [2.75, 3.05) is 5.32 Å². The first-order valence-corrected chi connectivity index (χ1v) is 8.26. The second-order valence-electron chi connectivity index (χ2n) is 5.97. The quantitative estimate of drug-likeness (QED) is 0.477. The molecule has 0 radical (unpaired) electrons. The molecule has 4 nitrogen and oxygen atoms in total. The van der Waals surface area contributed by atoms with E-state index < -0.39 is 0 Å². The smallest absolute Gasteiger partial charge is 0.257 e. The van der Waals surface area contributed by atoms with Gasteiger partial charge in [0.05, 0.1) is 5.69 Å². The van der Waals surface area contributed by atoms with Crippen LogP contribution in [0.1, 0.15) is 21.5 Å². The zero-order valence-corrected chi connectivity index (χ0v) is 14.8. The van der Waals surface area contributed by atoms with Gasteiger partial charge in [-0.05, 0) is 49.7 Å². The van der Waals surface area contributed by atoms with Gasteiger partial charge in [0.25, 0.3) is 5.91 Å². The van der Waals surface area contributed by atoms with Crippen molar-refractivity contribution >= 4 is 39.7 Å². The highest BCUT2D eigenvalue weighted by Gasteiger charge is 2.11. The molecule has 0 spiro atoms. The molecule has 3 rings (SSSR count). The van der Waals surface area contributed by atoms with Gasteiger partial charge < -0.3 is 10.4 Å². The SMILES string of the molecule is Cc1cc(C)cc(C(=O)NC(=S)Nc2ccc3ccccc3c2O)c1. The van der Waals surface area contributed by atoms with E-state index in [1.54, 1.807) is 18.2 Å². The molecular formula is C20H18N2O2S. The Morgan fingerprint density at radius 2 is 1.68 bits per heavy atom. The summed E-state index contributed by atoms with van der Waals surface area (Å²) in [6.45, 7) is 3.88. The number of carbonyl (C=O) groups is 1. The number of benzene rings is 3. The Hall–Kier alpha value is -2.92. The Bertz CT molecular complexity index is 962. The number of phenols is 1. The van der Waals surface area contributed by atoms with E-state index in [0.717, 1.165) is 21.9 Å². The monoisotopic (exact) mass is 350 g/mol. The van der Waals surface area contributed by atoms with Crippen molar-refractivity contribution in [1.82, 2.24) is 5.32 Å². The van der Waals surface area contributed by atoms with E-state index in [-0.39, 0.29) is 16.8 Å². The summed E-state index contributed by atoms with van der Waals surface area (Å²) in [5, 5.41) is 17.7. The van der Waals surface area contributed by atoms with E-state index in [2.05, 4.69) is 10.6 Å². The number of anilines is 1. The Balaban J connectivity index is 1.76. The summed E-state index contributed by atoms with van der Waals surface area (Å²) < 4.78 is 0. The van der Waals surface area contributed by atoms with E-state index >= 15 is 0 Å². The van der Waals surface area contributed by atoms with Gasteiger partial charge in [-0.25, -0.2) is 0 Å². The maximum absolute atomic E-state index is 12.3. The number of hydrogen-bond acceptors (Lipinski definition) is 3. The predicted octanol–water partition coefficient (Wildman–Crippen LogP) is 4.29. The molecule has 3 aromatic rings. The number of hydrogen-bond donors (Lipinski definition) is 3. The third-order valence-corrected chi connectivity index (χ3v) is 4.06. The molecule has 25 heavy (non-hydrogen) atoms. The Morgan fingerprint density at radius 3 is 2.40 bits per heavy atom. The number of aryl methyl sites for hydroxylation is 2. The minimum atomic E-state index is -0.287. The Morgan fingerprint density at radius 1 is 1.00 bits per heavy atom. The summed E-state index contributed by atoms with van der Waals surface area (Å²) in [6, 6.07) is 16.7. The molecule has 3 aromatic carbocycles. The summed E-state index contributed by atoms with van der Waals surface area (Å²) in [5.74, 6) is -0.189. The van der Waals surface area contributed by atoms with Gasteiger partial charge in [0.2, 0.25) is 0 Å². The van der Waals surface area contributed by atoms with Crippen LogP contribution in [0.25, 0.3) is 10.8 Å². The molecule has 0 heterocycles. The van der Waals surface area contributed by atoms with Crippen molar-refractivity contribution in [3.05, 3.63) is 71.3 Å². The number of thiocarbonyl (C=S) groups is 1. The lowest BCUT2D eigenvalue weighted by Crippen LogP contribution is -2.34. The topological polar surface area (TPSA) is 61.4 Å². The third-order valence-electron chi connectivity index (χ3n) is 3.86. The first-order valence-electron chi connectivity index (χ1n) is 7.85. The van der Waals surface area contributed by atoms with Crippen LogP contribution < -0.4 is 10.6 Å². The van der Waals surface area contributed by atoms with Crippen LogP contribution in [0, 0.1) is 13.8 Å². The molecule has 0 aliphatic heterocycles. The lowest BCUT2D eigenvalue weighted by atomic mass is 10.1. The summed E-state index contributed by atoms with van der Waals surface area (Å²) in [7, 11) is 0. The Labute approximate surface area is 151 Å². The number of amides is 1. The van der Waals surface area contributed by atoms with Gasteiger partial charge in [0, 0.05) is 10.9 Å². The highest BCUT2D eigenvalue weighted by Crippen LogP contribution is 2.32. The maximum atomic E-state index is 12.3. The van der Waals surface area contributed by atoms with Gasteiger partial charge in [-0.15, -0.1) is 0 Å². The molecule has 0 atom stereocenters. The van der Waals surface area contributed by atoms with Crippen LogP contribution in [0.5, 0.6) is 5.75 Å². The molecule has 0 aromatic heterocycles. The highest BCUT2D eigenvalue weighted by atomic mass is 32.1. The van der Waals surface area contributed by atoms with Crippen LogP contribution >= 0.6 is 12.2 Å². The number of aromatic hydroxyl groups is 1. The van der Waals surface area contributed by atoms with Crippen molar-refractivity contribution in [3.8, 4) is 5.75 Å². The lowest BCUT2D eigenvalue weighted by molar-refractivity contribution is 0.0977. The van der Waals surface area contributed by atoms with Crippen molar-refractivity contribution in [2.24, 2.45) is 0 Å². The van der Waals surface area contributed by atoms with Gasteiger partial charge >= 0.3 is 0 Å². The van der Waals surface area contributed by atoms with Gasteiger partial charge in [0.1, 0.15) is 5.75 Å². The van der Waals surface area contributed by atoms with Crippen LogP contribution in [-0.2, 0) is 0 Å². The minimum absolute atomic E-state index is 0.0982. The standard InChI is InChI=1S/C20H18N2O2S/c1-12-9-13(2)11-15(10-12)19(24)22-20(25)21-17-8-7-14-5-3-4-6-16(14)18(17)23/h3-11,23H,1-2H3,(H2,21,22,24,25). The van der Waals surface area contributed by atoms with Crippen LogP contribution in [0.2, 0.25) is 0 Å². The fourth-order valence-corrected chi connectivity index (χ4v) is 2.99.